The number of aliphatic hydroxyl groups excluding tert-OH is 3. The van der Waals surface area contributed by atoms with Crippen LogP contribution in [0.4, 0.5) is 0 Å². The molecule has 0 spiro atoms. The van der Waals surface area contributed by atoms with Gasteiger partial charge < -0.3 is 58.1 Å². The van der Waals surface area contributed by atoms with E-state index in [2.05, 4.69) is 20.2 Å². The number of hydrogen-bond donors (Lipinski definition) is 4. The number of methoxy groups -OCH3 is 1. The molecule has 2 bridgehead atoms. The molecule has 0 saturated carbocycles. The SMILES string of the molecule is C=CC[N+](C)(CC=C)[C@H]1C[C@@H](C)O[C@@H](O[C@@H]2[C@@H](C)[C@H](O[C@H]3C[C@@](C)(OC)[C@@H](O)[C@H](C)O3)[C@@H](C)C(=O)O[C@H](CC)[C@@](C)(O)[C@H](O)[C@@H](C)C3=C(C)C[C@@]2(C)O3)[C@@H]1O. The second-order valence-corrected chi connectivity index (χ2v) is 17.8. The number of likely N-dealkylation sites (N-methyl/N-ethyl adjacent to an activating group) is 1. The lowest BCUT2D eigenvalue weighted by Crippen LogP contribution is -2.65. The van der Waals surface area contributed by atoms with Crippen molar-refractivity contribution >= 4 is 5.97 Å². The Bertz CT molecular complexity index is 1380. The zero-order valence-corrected chi connectivity index (χ0v) is 35.4. The number of quaternary nitrogens is 1. The van der Waals surface area contributed by atoms with Gasteiger partial charge in [0.15, 0.2) is 18.7 Å². The van der Waals surface area contributed by atoms with Gasteiger partial charge in [-0.2, -0.15) is 0 Å². The number of nitrogens with zero attached hydrogens (tertiary/aromatic N) is 1. The van der Waals surface area contributed by atoms with Crippen molar-refractivity contribution in [1.82, 2.24) is 0 Å². The summed E-state index contributed by atoms with van der Waals surface area (Å²) in [5.41, 5.74) is -3.09. The van der Waals surface area contributed by atoms with Gasteiger partial charge in [0, 0.05) is 38.2 Å². The number of carbonyl (C=O) groups excluding carboxylic acids is 1. The Morgan fingerprint density at radius 1 is 0.964 bits per heavy atom. The molecule has 55 heavy (non-hydrogen) atoms. The van der Waals surface area contributed by atoms with E-state index in [1.54, 1.807) is 34.6 Å². The van der Waals surface area contributed by atoms with Gasteiger partial charge in [0.25, 0.3) is 0 Å². The van der Waals surface area contributed by atoms with Crippen LogP contribution in [0.25, 0.3) is 0 Å². The lowest BCUT2D eigenvalue weighted by molar-refractivity contribution is -0.929. The number of aliphatic hydroxyl groups is 4. The van der Waals surface area contributed by atoms with Crippen LogP contribution in [0.15, 0.2) is 36.6 Å². The Kier molecular flexibility index (Phi) is 14.6. The molecule has 0 aromatic carbocycles. The van der Waals surface area contributed by atoms with Crippen molar-refractivity contribution in [3.63, 3.8) is 0 Å². The summed E-state index contributed by atoms with van der Waals surface area (Å²) in [5, 5.41) is 46.7. The third-order valence-corrected chi connectivity index (χ3v) is 13.2. The second kappa shape index (κ2) is 17.5. The maximum atomic E-state index is 14.3. The van der Waals surface area contributed by atoms with Crippen molar-refractivity contribution in [3.8, 4) is 0 Å². The minimum absolute atomic E-state index is 0.160. The number of fused-ring (bicyclic) bond motifs is 2. The summed E-state index contributed by atoms with van der Waals surface area (Å²) in [4.78, 5) is 14.3. The highest BCUT2D eigenvalue weighted by molar-refractivity contribution is 5.73. The first kappa shape index (κ1) is 45.8. The van der Waals surface area contributed by atoms with Crippen LogP contribution < -0.4 is 0 Å². The molecule has 4 N–H and O–H groups in total. The number of cyclic esters (lactones) is 1. The number of ether oxygens (including phenoxy) is 7. The van der Waals surface area contributed by atoms with Gasteiger partial charge in [0.1, 0.15) is 41.3 Å². The van der Waals surface area contributed by atoms with Crippen LogP contribution in [0, 0.1) is 17.8 Å². The predicted molar refractivity (Wildman–Crippen MR) is 206 cm³/mol. The van der Waals surface area contributed by atoms with Gasteiger partial charge in [-0.3, -0.25) is 4.79 Å². The summed E-state index contributed by atoms with van der Waals surface area (Å²) < 4.78 is 45.7. The fourth-order valence-electron chi connectivity index (χ4n) is 9.77. The molecule has 17 atom stereocenters. The standard InChI is InChI=1S/C42H72NO12/c1-15-18-43(13,19-16-2)29-20-24(5)50-39(32(29)44)54-37-26(7)34(53-31-22-40(10,49-14)36(46)28(9)51-31)27(8)38(47)52-30(17-3)42(12,48)35(45)25(6)33-23(4)21-41(37,11)55-33/h15-16,24-32,34-37,39,44-46,48H,1-2,17-22H2,3-14H3/q+1/t24-,25+,26+,27-,28+,29+,30-,31+,32-,34+,35-,36+,37-,39+,40-,41-,42-/m1/s1. The summed E-state index contributed by atoms with van der Waals surface area (Å²) in [6, 6.07) is -0.290. The van der Waals surface area contributed by atoms with E-state index < -0.39 is 95.8 Å². The van der Waals surface area contributed by atoms with Crippen LogP contribution in [-0.4, -0.2) is 142 Å². The topological polar surface area (TPSA) is 163 Å². The predicted octanol–water partition coefficient (Wildman–Crippen LogP) is 4.15. The first-order valence-electron chi connectivity index (χ1n) is 20.1. The molecule has 4 aliphatic heterocycles. The molecule has 3 fully saturated rings. The molecular weight excluding hydrogens is 710 g/mol. The quantitative estimate of drug-likeness (QED) is 0.135. The summed E-state index contributed by atoms with van der Waals surface area (Å²) in [6.07, 6.45) is -4.14. The van der Waals surface area contributed by atoms with E-state index in [0.29, 0.717) is 36.2 Å². The normalized spacial score (nSPS) is 46.1. The highest BCUT2D eigenvalue weighted by Gasteiger charge is 2.57. The smallest absolute Gasteiger partial charge is 0.311 e. The molecule has 4 rings (SSSR count). The van der Waals surface area contributed by atoms with Gasteiger partial charge in [-0.15, -0.1) is 0 Å². The molecule has 13 nitrogen and oxygen atoms in total. The monoisotopic (exact) mass is 783 g/mol. The minimum atomic E-state index is -1.84. The number of rotatable bonds is 11. The minimum Gasteiger partial charge on any atom is -0.489 e. The first-order valence-corrected chi connectivity index (χ1v) is 20.1. The largest absolute Gasteiger partial charge is 0.489 e. The van der Waals surface area contributed by atoms with Crippen LogP contribution >= 0.6 is 0 Å². The van der Waals surface area contributed by atoms with Gasteiger partial charge in [-0.1, -0.05) is 33.9 Å². The van der Waals surface area contributed by atoms with E-state index in [1.807, 2.05) is 39.8 Å². The molecule has 4 heterocycles. The van der Waals surface area contributed by atoms with Crippen LogP contribution in [0.5, 0.6) is 0 Å². The molecular formula is C42H72NO12+. The maximum Gasteiger partial charge on any atom is 0.311 e. The number of esters is 1. The van der Waals surface area contributed by atoms with E-state index in [0.717, 1.165) is 5.57 Å². The summed E-state index contributed by atoms with van der Waals surface area (Å²) in [6.45, 7) is 27.1. The fourth-order valence-corrected chi connectivity index (χ4v) is 9.77. The number of hydrogen-bond acceptors (Lipinski definition) is 12. The molecule has 13 heteroatoms. The molecule has 4 aliphatic rings. The van der Waals surface area contributed by atoms with Crippen molar-refractivity contribution in [3.05, 3.63) is 36.6 Å². The average Bonchev–Trinajstić information content (AvgIpc) is 3.44. The van der Waals surface area contributed by atoms with Crippen molar-refractivity contribution in [2.45, 2.75) is 179 Å². The molecule has 3 saturated heterocycles. The Morgan fingerprint density at radius 2 is 1.58 bits per heavy atom. The van der Waals surface area contributed by atoms with Gasteiger partial charge in [-0.25, -0.2) is 0 Å². The zero-order chi connectivity index (χ0) is 41.4. The first-order chi connectivity index (χ1) is 25.5. The van der Waals surface area contributed by atoms with Crippen LogP contribution in [0.2, 0.25) is 0 Å². The summed E-state index contributed by atoms with van der Waals surface area (Å²) in [5.74, 6) is -2.42. The van der Waals surface area contributed by atoms with E-state index in [4.69, 9.17) is 33.2 Å². The van der Waals surface area contributed by atoms with E-state index >= 15 is 0 Å². The molecule has 0 aromatic rings. The van der Waals surface area contributed by atoms with Crippen LogP contribution in [0.1, 0.15) is 94.9 Å². The molecule has 316 valence electrons. The summed E-state index contributed by atoms with van der Waals surface area (Å²) in [7, 11) is 3.59. The highest BCUT2D eigenvalue weighted by Crippen LogP contribution is 2.47. The lowest BCUT2D eigenvalue weighted by atomic mass is 9.78. The lowest BCUT2D eigenvalue weighted by Gasteiger charge is -2.50. The molecule has 0 aromatic heterocycles. The third kappa shape index (κ3) is 9.06. The maximum absolute atomic E-state index is 14.3. The molecule has 0 radical (unpaired) electrons. The number of carbonyl (C=O) groups is 1. The van der Waals surface area contributed by atoms with Crippen molar-refractivity contribution < 1.29 is 62.9 Å². The molecule has 0 amide bonds. The Labute approximate surface area is 329 Å². The van der Waals surface area contributed by atoms with E-state index in [9.17, 15) is 25.2 Å². The Morgan fingerprint density at radius 3 is 2.15 bits per heavy atom. The van der Waals surface area contributed by atoms with E-state index in [1.165, 1.54) is 14.0 Å². The van der Waals surface area contributed by atoms with E-state index in [-0.39, 0.29) is 25.0 Å². The van der Waals surface area contributed by atoms with Gasteiger partial charge >= 0.3 is 5.97 Å². The average molecular weight is 783 g/mol. The second-order valence-electron chi connectivity index (χ2n) is 17.8. The Balaban J connectivity index is 1.86. The van der Waals surface area contributed by atoms with Crippen molar-refractivity contribution in [2.75, 3.05) is 27.2 Å². The fraction of sp³-hybridized carbons (Fsp3) is 0.833. The highest BCUT2D eigenvalue weighted by atomic mass is 16.7. The van der Waals surface area contributed by atoms with Gasteiger partial charge in [-0.05, 0) is 72.6 Å². The van der Waals surface area contributed by atoms with Crippen LogP contribution in [0.3, 0.4) is 0 Å². The molecule has 0 aliphatic carbocycles. The third-order valence-electron chi connectivity index (χ3n) is 13.2. The molecule has 0 unspecified atom stereocenters. The van der Waals surface area contributed by atoms with Crippen molar-refractivity contribution in [2.24, 2.45) is 17.8 Å². The zero-order valence-electron chi connectivity index (χ0n) is 35.4. The van der Waals surface area contributed by atoms with Crippen LogP contribution in [-0.2, 0) is 38.0 Å². The Hall–Kier alpha value is -1.91. The van der Waals surface area contributed by atoms with Gasteiger partial charge in [0.05, 0.1) is 56.1 Å². The summed E-state index contributed by atoms with van der Waals surface area (Å²) >= 11 is 0. The van der Waals surface area contributed by atoms with Crippen molar-refractivity contribution in [1.29, 1.82) is 0 Å². The van der Waals surface area contributed by atoms with Gasteiger partial charge in [0.2, 0.25) is 0 Å².